The summed E-state index contributed by atoms with van der Waals surface area (Å²) in [4.78, 5) is 25.3. The Labute approximate surface area is 224 Å². The van der Waals surface area contributed by atoms with Gasteiger partial charge in [0.05, 0.1) is 28.8 Å². The molecule has 1 aromatic heterocycles. The van der Waals surface area contributed by atoms with Crippen LogP contribution >= 0.6 is 0 Å². The van der Waals surface area contributed by atoms with Crippen molar-refractivity contribution in [3.63, 3.8) is 0 Å². The van der Waals surface area contributed by atoms with Gasteiger partial charge in [0.1, 0.15) is 5.75 Å². The molecule has 1 unspecified atom stereocenters. The van der Waals surface area contributed by atoms with Crippen molar-refractivity contribution in [1.82, 2.24) is 14.9 Å². The highest BCUT2D eigenvalue weighted by molar-refractivity contribution is 5.80. The van der Waals surface area contributed by atoms with E-state index in [-0.39, 0.29) is 6.04 Å². The van der Waals surface area contributed by atoms with Crippen molar-refractivity contribution in [2.24, 2.45) is 0 Å². The fraction of sp³-hybridized carbons (Fsp3) is 0.182. The van der Waals surface area contributed by atoms with Crippen LogP contribution < -0.4 is 4.74 Å². The third-order valence-electron chi connectivity index (χ3n) is 6.69. The number of hydrogen-bond donors (Lipinski definition) is 0. The Balaban J connectivity index is 1.61. The van der Waals surface area contributed by atoms with Gasteiger partial charge in [-0.15, -0.1) is 6.58 Å². The van der Waals surface area contributed by atoms with Gasteiger partial charge in [-0.1, -0.05) is 83.9 Å². The van der Waals surface area contributed by atoms with Gasteiger partial charge in [0, 0.05) is 17.3 Å². The molecule has 5 heteroatoms. The predicted molar refractivity (Wildman–Crippen MR) is 153 cm³/mol. The van der Waals surface area contributed by atoms with Crippen molar-refractivity contribution < 1.29 is 9.53 Å². The molecule has 1 aliphatic heterocycles. The van der Waals surface area contributed by atoms with Crippen LogP contribution in [0.25, 0.3) is 28.6 Å². The maximum Gasteiger partial charge on any atom is 0.419 e. The molecule has 38 heavy (non-hydrogen) atoms. The first-order valence-electron chi connectivity index (χ1n) is 12.9. The van der Waals surface area contributed by atoms with Crippen LogP contribution in [0.3, 0.4) is 0 Å². The Morgan fingerprint density at radius 3 is 2.11 bits per heavy atom. The average Bonchev–Trinajstić information content (AvgIpc) is 2.94. The van der Waals surface area contributed by atoms with Gasteiger partial charge in [0.2, 0.25) is 0 Å². The molecule has 1 amide bonds. The molecule has 0 N–H and O–H groups in total. The summed E-state index contributed by atoms with van der Waals surface area (Å²) in [6.07, 6.45) is 7.49. The molecule has 5 nitrogen and oxygen atoms in total. The number of allylic oxidation sites excluding steroid dienone is 1. The maximum atomic E-state index is 13.3. The van der Waals surface area contributed by atoms with Crippen LogP contribution in [0.15, 0.2) is 97.7 Å². The molecule has 0 spiro atoms. The van der Waals surface area contributed by atoms with Crippen LogP contribution in [0.1, 0.15) is 47.8 Å². The first kappa shape index (κ1) is 25.2. The number of amides is 1. The Morgan fingerprint density at radius 1 is 0.895 bits per heavy atom. The molecular weight excluding hydrogens is 470 g/mol. The highest BCUT2D eigenvalue weighted by Gasteiger charge is 2.32. The van der Waals surface area contributed by atoms with E-state index in [1.54, 1.807) is 23.2 Å². The van der Waals surface area contributed by atoms with Crippen LogP contribution in [0.2, 0.25) is 0 Å². The minimum absolute atomic E-state index is 0.310. The zero-order valence-corrected chi connectivity index (χ0v) is 21.8. The van der Waals surface area contributed by atoms with E-state index in [9.17, 15) is 4.79 Å². The highest BCUT2D eigenvalue weighted by atomic mass is 16.6. The van der Waals surface area contributed by atoms with Crippen molar-refractivity contribution in [3.05, 3.63) is 120 Å². The molecular formula is C33H31N3O2. The van der Waals surface area contributed by atoms with Crippen molar-refractivity contribution in [3.8, 4) is 28.3 Å². The predicted octanol–water partition coefficient (Wildman–Crippen LogP) is 8.31. The van der Waals surface area contributed by atoms with Gasteiger partial charge in [-0.25, -0.2) is 14.8 Å². The number of carbonyl (C=O) groups excluding carboxylic acids is 1. The second kappa shape index (κ2) is 11.3. The number of rotatable bonds is 7. The van der Waals surface area contributed by atoms with Gasteiger partial charge in [0.25, 0.3) is 0 Å². The monoisotopic (exact) mass is 501 g/mol. The molecule has 4 aromatic rings. The van der Waals surface area contributed by atoms with Crippen LogP contribution in [-0.4, -0.2) is 21.0 Å². The summed E-state index contributed by atoms with van der Waals surface area (Å²) in [6.45, 7) is 8.00. The fourth-order valence-electron chi connectivity index (χ4n) is 4.60. The summed E-state index contributed by atoms with van der Waals surface area (Å²) in [5.41, 5.74) is 7.51. The summed E-state index contributed by atoms with van der Waals surface area (Å²) < 4.78 is 5.71. The zero-order valence-electron chi connectivity index (χ0n) is 21.8. The second-order valence-electron chi connectivity index (χ2n) is 9.56. The summed E-state index contributed by atoms with van der Waals surface area (Å²) in [6, 6.07) is 25.5. The van der Waals surface area contributed by atoms with E-state index in [1.165, 1.54) is 11.1 Å². The lowest BCUT2D eigenvalue weighted by atomic mass is 9.97. The quantitative estimate of drug-likeness (QED) is 0.189. The Hall–Kier alpha value is -4.51. The number of carbonyl (C=O) groups is 1. The highest BCUT2D eigenvalue weighted by Crippen LogP contribution is 2.38. The molecule has 1 aliphatic rings. The number of para-hydroxylation sites is 1. The fourth-order valence-corrected chi connectivity index (χ4v) is 4.60. The van der Waals surface area contributed by atoms with E-state index in [4.69, 9.17) is 14.7 Å². The van der Waals surface area contributed by atoms with Crippen LogP contribution in [0, 0.1) is 13.8 Å². The molecule has 1 atom stereocenters. The van der Waals surface area contributed by atoms with Gasteiger partial charge >= 0.3 is 6.09 Å². The summed E-state index contributed by atoms with van der Waals surface area (Å²) in [5, 5.41) is 0. The normalized spacial score (nSPS) is 14.2. The largest absolute Gasteiger partial charge is 0.419 e. The van der Waals surface area contributed by atoms with E-state index in [0.717, 1.165) is 46.7 Å². The van der Waals surface area contributed by atoms with Gasteiger partial charge in [-0.05, 0) is 51.3 Å². The van der Waals surface area contributed by atoms with E-state index in [2.05, 4.69) is 69.0 Å². The summed E-state index contributed by atoms with van der Waals surface area (Å²) in [5.74, 6) is 0.502. The van der Waals surface area contributed by atoms with Crippen molar-refractivity contribution in [1.29, 1.82) is 0 Å². The van der Waals surface area contributed by atoms with Crippen LogP contribution in [0.4, 0.5) is 4.79 Å². The number of aromatic nitrogens is 2. The van der Waals surface area contributed by atoms with Gasteiger partial charge in [-0.3, -0.25) is 4.90 Å². The van der Waals surface area contributed by atoms with Crippen LogP contribution in [0.5, 0.6) is 5.75 Å². The maximum absolute atomic E-state index is 13.3. The van der Waals surface area contributed by atoms with Gasteiger partial charge in [-0.2, -0.15) is 0 Å². The number of nitrogens with zero attached hydrogens (tertiary/aromatic N) is 3. The standard InChI is InChI=1S/C33H31N3O2/c1-4-5-7-12-29-32-28(21-22-36(29)33(37)38-27-10-8-6-9-11-27)34-30(25-17-13-23(2)14-18-25)31(35-32)26-19-15-24(3)16-20-26/h4,6,8-11,13-22,29H,1,5,7,12H2,2-3H3. The molecule has 0 saturated heterocycles. The van der Waals surface area contributed by atoms with E-state index in [0.29, 0.717) is 12.2 Å². The van der Waals surface area contributed by atoms with Crippen molar-refractivity contribution >= 4 is 12.2 Å². The lowest BCUT2D eigenvalue weighted by Crippen LogP contribution is -2.35. The van der Waals surface area contributed by atoms with Gasteiger partial charge in [0.15, 0.2) is 0 Å². The summed E-state index contributed by atoms with van der Waals surface area (Å²) >= 11 is 0. The lowest BCUT2D eigenvalue weighted by Gasteiger charge is -2.32. The molecule has 3 aromatic carbocycles. The molecule has 190 valence electrons. The number of hydrogen-bond acceptors (Lipinski definition) is 4. The smallest absolute Gasteiger partial charge is 0.410 e. The lowest BCUT2D eigenvalue weighted by molar-refractivity contribution is 0.150. The Morgan fingerprint density at radius 2 is 1.50 bits per heavy atom. The molecule has 0 radical (unpaired) electrons. The number of fused-ring (bicyclic) bond motifs is 1. The SMILES string of the molecule is C=CCCCC1c2nc(-c3ccc(C)cc3)c(-c3ccc(C)cc3)nc2C=CN1C(=O)Oc1ccccc1. The van der Waals surface area contributed by atoms with E-state index < -0.39 is 6.09 Å². The van der Waals surface area contributed by atoms with E-state index in [1.807, 2.05) is 30.4 Å². The van der Waals surface area contributed by atoms with Crippen molar-refractivity contribution in [2.75, 3.05) is 0 Å². The molecule has 0 fully saturated rings. The van der Waals surface area contributed by atoms with Crippen molar-refractivity contribution in [2.45, 2.75) is 39.2 Å². The molecule has 0 bridgehead atoms. The molecule has 0 aliphatic carbocycles. The number of unbranched alkanes of at least 4 members (excludes halogenated alkanes) is 1. The van der Waals surface area contributed by atoms with Crippen LogP contribution in [-0.2, 0) is 0 Å². The topological polar surface area (TPSA) is 55.3 Å². The average molecular weight is 502 g/mol. The Bertz CT molecular complexity index is 1460. The first-order chi connectivity index (χ1) is 18.5. The molecule has 2 heterocycles. The van der Waals surface area contributed by atoms with E-state index >= 15 is 0 Å². The minimum Gasteiger partial charge on any atom is -0.410 e. The molecule has 0 saturated carbocycles. The first-order valence-corrected chi connectivity index (χ1v) is 12.9. The number of ether oxygens (including phenoxy) is 1. The molecule has 5 rings (SSSR count). The third-order valence-corrected chi connectivity index (χ3v) is 6.69. The third kappa shape index (κ3) is 5.42. The second-order valence-corrected chi connectivity index (χ2v) is 9.56. The number of benzene rings is 3. The van der Waals surface area contributed by atoms with Gasteiger partial charge < -0.3 is 4.74 Å². The summed E-state index contributed by atoms with van der Waals surface area (Å²) in [7, 11) is 0. The minimum atomic E-state index is -0.442. The Kier molecular flexibility index (Phi) is 7.45. The number of aryl methyl sites for hydroxylation is 2. The zero-order chi connectivity index (χ0) is 26.5.